The van der Waals surface area contributed by atoms with Gasteiger partial charge >= 0.3 is 5.97 Å². The standard InChI is InChI=1S/C16H20ClNO4/c1-22-14(10-4-6-13(17)7-5-10)9-18-15(19)11-2-3-12(8-11)16(20)21/h4-7,11-12,14H,2-3,8-9H2,1H3,(H,18,19)(H,20,21)/t11-,12+,14?/m1/s1. The highest BCUT2D eigenvalue weighted by Crippen LogP contribution is 2.31. The summed E-state index contributed by atoms with van der Waals surface area (Å²) in [5.41, 5.74) is 0.932. The highest BCUT2D eigenvalue weighted by molar-refractivity contribution is 6.30. The maximum absolute atomic E-state index is 12.1. The first-order valence-electron chi connectivity index (χ1n) is 7.30. The van der Waals surface area contributed by atoms with Crippen LogP contribution >= 0.6 is 11.6 Å². The highest BCUT2D eigenvalue weighted by atomic mass is 35.5. The van der Waals surface area contributed by atoms with Gasteiger partial charge in [0.05, 0.1) is 12.0 Å². The van der Waals surface area contributed by atoms with Gasteiger partial charge in [-0.1, -0.05) is 23.7 Å². The van der Waals surface area contributed by atoms with Gasteiger partial charge in [0.15, 0.2) is 0 Å². The number of amides is 1. The average molecular weight is 326 g/mol. The molecule has 1 aromatic rings. The third-order valence-corrected chi connectivity index (χ3v) is 4.39. The number of hydrogen-bond acceptors (Lipinski definition) is 3. The molecule has 0 radical (unpaired) electrons. The molecule has 2 rings (SSSR count). The minimum Gasteiger partial charge on any atom is -0.481 e. The molecule has 1 fully saturated rings. The SMILES string of the molecule is COC(CNC(=O)[C@@H]1CC[C@H](C(=O)O)C1)c1ccc(Cl)cc1. The first-order chi connectivity index (χ1) is 10.5. The molecule has 0 spiro atoms. The topological polar surface area (TPSA) is 75.6 Å². The van der Waals surface area contributed by atoms with Crippen LogP contribution in [0.2, 0.25) is 5.02 Å². The van der Waals surface area contributed by atoms with Crippen molar-refractivity contribution in [1.29, 1.82) is 0 Å². The van der Waals surface area contributed by atoms with Crippen molar-refractivity contribution in [2.24, 2.45) is 11.8 Å². The summed E-state index contributed by atoms with van der Waals surface area (Å²) in [6.07, 6.45) is 1.36. The lowest BCUT2D eigenvalue weighted by Gasteiger charge is -2.18. The van der Waals surface area contributed by atoms with Crippen LogP contribution in [0.4, 0.5) is 0 Å². The van der Waals surface area contributed by atoms with Gasteiger partial charge in [-0.05, 0) is 37.0 Å². The van der Waals surface area contributed by atoms with Crippen LogP contribution in [0.25, 0.3) is 0 Å². The van der Waals surface area contributed by atoms with Gasteiger partial charge < -0.3 is 15.2 Å². The molecule has 6 heteroatoms. The summed E-state index contributed by atoms with van der Waals surface area (Å²) >= 11 is 5.85. The van der Waals surface area contributed by atoms with Crippen LogP contribution in [0.15, 0.2) is 24.3 Å². The second kappa shape index (κ2) is 7.61. The fourth-order valence-electron chi connectivity index (χ4n) is 2.80. The van der Waals surface area contributed by atoms with Crippen LogP contribution in [0.1, 0.15) is 30.9 Å². The second-order valence-corrected chi connectivity index (χ2v) is 6.00. The Bertz CT molecular complexity index is 531. The number of rotatable bonds is 6. The van der Waals surface area contributed by atoms with Gasteiger partial charge in [0.2, 0.25) is 5.91 Å². The van der Waals surface area contributed by atoms with E-state index in [2.05, 4.69) is 5.32 Å². The molecular weight excluding hydrogens is 306 g/mol. The van der Waals surface area contributed by atoms with Crippen molar-refractivity contribution in [3.8, 4) is 0 Å². The normalized spacial score (nSPS) is 22.3. The fourth-order valence-corrected chi connectivity index (χ4v) is 2.92. The van der Waals surface area contributed by atoms with Gasteiger partial charge in [-0.15, -0.1) is 0 Å². The number of aliphatic carboxylic acids is 1. The average Bonchev–Trinajstić information content (AvgIpc) is 2.99. The van der Waals surface area contributed by atoms with Crippen molar-refractivity contribution in [2.75, 3.05) is 13.7 Å². The van der Waals surface area contributed by atoms with E-state index in [1.165, 1.54) is 0 Å². The van der Waals surface area contributed by atoms with Crippen molar-refractivity contribution >= 4 is 23.5 Å². The second-order valence-electron chi connectivity index (χ2n) is 5.57. The summed E-state index contributed by atoms with van der Waals surface area (Å²) in [5.74, 6) is -1.53. The van der Waals surface area contributed by atoms with Crippen molar-refractivity contribution in [1.82, 2.24) is 5.32 Å². The van der Waals surface area contributed by atoms with E-state index in [4.69, 9.17) is 21.4 Å². The van der Waals surface area contributed by atoms with Crippen LogP contribution in [0.5, 0.6) is 0 Å². The van der Waals surface area contributed by atoms with Gasteiger partial charge in [-0.25, -0.2) is 0 Å². The molecule has 1 amide bonds. The monoisotopic (exact) mass is 325 g/mol. The number of carbonyl (C=O) groups excluding carboxylic acids is 1. The van der Waals surface area contributed by atoms with Crippen molar-refractivity contribution in [2.45, 2.75) is 25.4 Å². The smallest absolute Gasteiger partial charge is 0.306 e. The number of benzene rings is 1. The summed E-state index contributed by atoms with van der Waals surface area (Å²) < 4.78 is 5.40. The number of carboxylic acids is 1. The molecule has 0 heterocycles. The molecule has 120 valence electrons. The minimum atomic E-state index is -0.814. The molecule has 1 aliphatic rings. The van der Waals surface area contributed by atoms with E-state index in [-0.39, 0.29) is 17.9 Å². The van der Waals surface area contributed by atoms with E-state index < -0.39 is 11.9 Å². The summed E-state index contributed by atoms with van der Waals surface area (Å²) in [6, 6.07) is 7.27. The molecule has 3 atom stereocenters. The number of nitrogens with one attached hydrogen (secondary N) is 1. The van der Waals surface area contributed by atoms with Crippen LogP contribution in [-0.2, 0) is 14.3 Å². The molecule has 0 saturated heterocycles. The summed E-state index contributed by atoms with van der Waals surface area (Å²) in [5, 5.41) is 12.5. The fraction of sp³-hybridized carbons (Fsp3) is 0.500. The number of methoxy groups -OCH3 is 1. The van der Waals surface area contributed by atoms with E-state index in [0.29, 0.717) is 30.8 Å². The van der Waals surface area contributed by atoms with Gasteiger partial charge in [-0.3, -0.25) is 9.59 Å². The van der Waals surface area contributed by atoms with Crippen molar-refractivity contribution in [3.05, 3.63) is 34.9 Å². The maximum atomic E-state index is 12.1. The summed E-state index contributed by atoms with van der Waals surface area (Å²) in [4.78, 5) is 23.1. The molecule has 1 aromatic carbocycles. The Labute approximate surface area is 134 Å². The molecule has 1 aliphatic carbocycles. The zero-order valence-corrected chi connectivity index (χ0v) is 13.2. The Hall–Kier alpha value is -1.59. The molecule has 0 aliphatic heterocycles. The molecule has 1 saturated carbocycles. The van der Waals surface area contributed by atoms with Crippen LogP contribution in [0.3, 0.4) is 0 Å². The molecular formula is C16H20ClNO4. The zero-order chi connectivity index (χ0) is 16.1. The number of carbonyl (C=O) groups is 2. The van der Waals surface area contributed by atoms with E-state index >= 15 is 0 Å². The van der Waals surface area contributed by atoms with E-state index in [9.17, 15) is 9.59 Å². The lowest BCUT2D eigenvalue weighted by Crippen LogP contribution is -2.33. The predicted molar refractivity (Wildman–Crippen MR) is 82.7 cm³/mol. The van der Waals surface area contributed by atoms with Gasteiger partial charge in [-0.2, -0.15) is 0 Å². The minimum absolute atomic E-state index is 0.0974. The van der Waals surface area contributed by atoms with Crippen molar-refractivity contribution < 1.29 is 19.4 Å². The molecule has 2 N–H and O–H groups in total. The lowest BCUT2D eigenvalue weighted by atomic mass is 10.0. The zero-order valence-electron chi connectivity index (χ0n) is 12.4. The Morgan fingerprint density at radius 1 is 1.32 bits per heavy atom. The third-order valence-electron chi connectivity index (χ3n) is 4.14. The molecule has 5 nitrogen and oxygen atoms in total. The molecule has 0 bridgehead atoms. The lowest BCUT2D eigenvalue weighted by molar-refractivity contribution is -0.141. The highest BCUT2D eigenvalue weighted by Gasteiger charge is 2.33. The van der Waals surface area contributed by atoms with Crippen LogP contribution < -0.4 is 5.32 Å². The quantitative estimate of drug-likeness (QED) is 0.843. The number of ether oxygens (including phenoxy) is 1. The van der Waals surface area contributed by atoms with E-state index in [1.54, 1.807) is 19.2 Å². The first kappa shape index (κ1) is 16.8. The molecule has 1 unspecified atom stereocenters. The predicted octanol–water partition coefficient (Wildman–Crippen LogP) is 2.64. The first-order valence-corrected chi connectivity index (χ1v) is 7.67. The third kappa shape index (κ3) is 4.21. The van der Waals surface area contributed by atoms with Gasteiger partial charge in [0, 0.05) is 24.6 Å². The Balaban J connectivity index is 1.87. The number of carboxylic acid groups (broad SMARTS) is 1. The Morgan fingerprint density at radius 2 is 1.95 bits per heavy atom. The number of hydrogen-bond donors (Lipinski definition) is 2. The summed E-state index contributed by atoms with van der Waals surface area (Å²) in [6.45, 7) is 0.352. The molecule has 22 heavy (non-hydrogen) atoms. The van der Waals surface area contributed by atoms with E-state index in [0.717, 1.165) is 5.56 Å². The van der Waals surface area contributed by atoms with Crippen molar-refractivity contribution in [3.63, 3.8) is 0 Å². The van der Waals surface area contributed by atoms with Crippen LogP contribution in [-0.4, -0.2) is 30.6 Å². The summed E-state index contributed by atoms with van der Waals surface area (Å²) in [7, 11) is 1.58. The van der Waals surface area contributed by atoms with Gasteiger partial charge in [0.25, 0.3) is 0 Å². The Morgan fingerprint density at radius 3 is 2.50 bits per heavy atom. The van der Waals surface area contributed by atoms with Crippen LogP contribution in [0, 0.1) is 11.8 Å². The Kier molecular flexibility index (Phi) is 5.80. The maximum Gasteiger partial charge on any atom is 0.306 e. The van der Waals surface area contributed by atoms with Gasteiger partial charge in [0.1, 0.15) is 0 Å². The molecule has 0 aromatic heterocycles. The number of halogens is 1. The van der Waals surface area contributed by atoms with E-state index in [1.807, 2.05) is 12.1 Å². The largest absolute Gasteiger partial charge is 0.481 e.